The molecule has 1 rings (SSSR count). The molecule has 1 aromatic carbocycles. The van der Waals surface area contributed by atoms with Crippen LogP contribution in [0.4, 0.5) is 0 Å². The zero-order valence-electron chi connectivity index (χ0n) is 8.39. The predicted octanol–water partition coefficient (Wildman–Crippen LogP) is -0.302. The van der Waals surface area contributed by atoms with Gasteiger partial charge in [0.2, 0.25) is 5.91 Å². The van der Waals surface area contributed by atoms with Crippen LogP contribution in [0.3, 0.4) is 0 Å². The van der Waals surface area contributed by atoms with Crippen molar-refractivity contribution in [1.29, 1.82) is 0 Å². The van der Waals surface area contributed by atoms with Crippen LogP contribution in [0, 0.1) is 0 Å². The molecule has 0 aliphatic carbocycles. The lowest BCUT2D eigenvalue weighted by molar-refractivity contribution is -0.121. The van der Waals surface area contributed by atoms with Crippen molar-refractivity contribution in [1.82, 2.24) is 5.32 Å². The lowest BCUT2D eigenvalue weighted by Crippen LogP contribution is -2.34. The molecule has 0 saturated heterocycles. The van der Waals surface area contributed by atoms with E-state index in [1.54, 1.807) is 0 Å². The Morgan fingerprint density at radius 3 is 2.60 bits per heavy atom. The number of benzene rings is 1. The topological polar surface area (TPSA) is 69.6 Å². The quantitative estimate of drug-likeness (QED) is 0.623. The van der Waals surface area contributed by atoms with Crippen LogP contribution in [-0.4, -0.2) is 35.4 Å². The number of rotatable bonds is 5. The van der Waals surface area contributed by atoms with E-state index in [0.29, 0.717) is 6.42 Å². The van der Waals surface area contributed by atoms with Gasteiger partial charge >= 0.3 is 0 Å². The molecular weight excluding hydrogens is 194 g/mol. The Labute approximate surface area is 88.6 Å². The normalized spacial score (nSPS) is 12.1. The van der Waals surface area contributed by atoms with Crippen LogP contribution < -0.4 is 5.32 Å². The van der Waals surface area contributed by atoms with Gasteiger partial charge in [0.15, 0.2) is 0 Å². The minimum absolute atomic E-state index is 0.0855. The fraction of sp³-hybridized carbons (Fsp3) is 0.364. The summed E-state index contributed by atoms with van der Waals surface area (Å²) in [6.45, 7) is -0.256. The second-order valence-corrected chi connectivity index (χ2v) is 3.30. The third kappa shape index (κ3) is 4.58. The van der Waals surface area contributed by atoms with E-state index in [2.05, 4.69) is 5.32 Å². The fourth-order valence-corrected chi connectivity index (χ4v) is 1.14. The van der Waals surface area contributed by atoms with E-state index in [1.165, 1.54) is 0 Å². The summed E-state index contributed by atoms with van der Waals surface area (Å²) < 4.78 is 0. The Morgan fingerprint density at radius 2 is 2.00 bits per heavy atom. The van der Waals surface area contributed by atoms with E-state index in [0.717, 1.165) is 5.56 Å². The van der Waals surface area contributed by atoms with E-state index in [1.807, 2.05) is 30.3 Å². The highest BCUT2D eigenvalue weighted by atomic mass is 16.3. The second kappa shape index (κ2) is 6.16. The van der Waals surface area contributed by atoms with Gasteiger partial charge in [-0.05, 0) is 5.56 Å². The summed E-state index contributed by atoms with van der Waals surface area (Å²) in [5.74, 6) is -0.159. The first kappa shape index (κ1) is 11.7. The number of hydrogen-bond acceptors (Lipinski definition) is 3. The molecule has 1 amide bonds. The molecule has 4 heteroatoms. The molecular formula is C11H15NO3. The minimum atomic E-state index is -0.885. The van der Waals surface area contributed by atoms with E-state index >= 15 is 0 Å². The summed E-state index contributed by atoms with van der Waals surface area (Å²) in [4.78, 5) is 11.3. The van der Waals surface area contributed by atoms with Crippen LogP contribution in [0.15, 0.2) is 30.3 Å². The molecule has 82 valence electrons. The molecule has 0 heterocycles. The van der Waals surface area contributed by atoms with Gasteiger partial charge in [0.1, 0.15) is 0 Å². The molecule has 0 fully saturated rings. The molecule has 1 unspecified atom stereocenters. The van der Waals surface area contributed by atoms with Crippen LogP contribution in [0.2, 0.25) is 0 Å². The van der Waals surface area contributed by atoms with E-state index in [4.69, 9.17) is 10.2 Å². The van der Waals surface area contributed by atoms with Gasteiger partial charge in [-0.15, -0.1) is 0 Å². The van der Waals surface area contributed by atoms with Crippen molar-refractivity contribution in [3.05, 3.63) is 35.9 Å². The number of aliphatic hydroxyl groups excluding tert-OH is 2. The average Bonchev–Trinajstić information content (AvgIpc) is 2.27. The first-order valence-electron chi connectivity index (χ1n) is 4.82. The molecule has 15 heavy (non-hydrogen) atoms. The van der Waals surface area contributed by atoms with Gasteiger partial charge in [0.05, 0.1) is 19.1 Å². The Morgan fingerprint density at radius 1 is 1.33 bits per heavy atom. The van der Waals surface area contributed by atoms with Crippen LogP contribution >= 0.6 is 0 Å². The van der Waals surface area contributed by atoms with Crippen molar-refractivity contribution in [2.75, 3.05) is 13.2 Å². The number of carbonyl (C=O) groups excluding carboxylic acids is 1. The summed E-state index contributed by atoms with van der Waals surface area (Å²) >= 11 is 0. The number of amides is 1. The molecule has 0 radical (unpaired) electrons. The lowest BCUT2D eigenvalue weighted by atomic mass is 10.1. The van der Waals surface area contributed by atoms with Gasteiger partial charge in [0, 0.05) is 6.54 Å². The molecule has 0 aliphatic heterocycles. The zero-order valence-corrected chi connectivity index (χ0v) is 8.39. The van der Waals surface area contributed by atoms with Crippen LogP contribution in [-0.2, 0) is 11.2 Å². The molecule has 0 spiro atoms. The second-order valence-electron chi connectivity index (χ2n) is 3.30. The third-order valence-corrected chi connectivity index (χ3v) is 1.95. The standard InChI is InChI=1S/C11H15NO3/c13-8-10(14)7-12-11(15)6-9-4-2-1-3-5-9/h1-5,10,13-14H,6-8H2,(H,12,15). The number of carbonyl (C=O) groups is 1. The molecule has 1 aromatic rings. The van der Waals surface area contributed by atoms with E-state index < -0.39 is 6.10 Å². The number of aliphatic hydroxyl groups is 2. The smallest absolute Gasteiger partial charge is 0.224 e. The molecule has 0 aliphatic rings. The van der Waals surface area contributed by atoms with Crippen molar-refractivity contribution in [3.63, 3.8) is 0 Å². The SMILES string of the molecule is O=C(Cc1ccccc1)NCC(O)CO. The van der Waals surface area contributed by atoms with Crippen molar-refractivity contribution >= 4 is 5.91 Å². The van der Waals surface area contributed by atoms with E-state index in [-0.39, 0.29) is 19.1 Å². The Bertz CT molecular complexity index is 300. The molecule has 3 N–H and O–H groups in total. The highest BCUT2D eigenvalue weighted by Crippen LogP contribution is 1.98. The maximum absolute atomic E-state index is 11.3. The highest BCUT2D eigenvalue weighted by Gasteiger charge is 2.05. The molecule has 0 aromatic heterocycles. The van der Waals surface area contributed by atoms with Crippen molar-refractivity contribution in [3.8, 4) is 0 Å². The summed E-state index contributed by atoms with van der Waals surface area (Å²) in [7, 11) is 0. The molecule has 0 saturated carbocycles. The fourth-order valence-electron chi connectivity index (χ4n) is 1.14. The van der Waals surface area contributed by atoms with Crippen LogP contribution in [0.1, 0.15) is 5.56 Å². The van der Waals surface area contributed by atoms with Crippen LogP contribution in [0.5, 0.6) is 0 Å². The predicted molar refractivity (Wildman–Crippen MR) is 56.2 cm³/mol. The Hall–Kier alpha value is -1.39. The summed E-state index contributed by atoms with van der Waals surface area (Å²) in [6, 6.07) is 9.34. The van der Waals surface area contributed by atoms with Gasteiger partial charge < -0.3 is 15.5 Å². The molecule has 0 bridgehead atoms. The summed E-state index contributed by atoms with van der Waals surface area (Å²) in [5.41, 5.74) is 0.925. The summed E-state index contributed by atoms with van der Waals surface area (Å²) in [5, 5.41) is 20.1. The lowest BCUT2D eigenvalue weighted by Gasteiger charge is -2.08. The van der Waals surface area contributed by atoms with Crippen molar-refractivity contribution in [2.45, 2.75) is 12.5 Å². The number of hydrogen-bond donors (Lipinski definition) is 3. The third-order valence-electron chi connectivity index (χ3n) is 1.95. The maximum Gasteiger partial charge on any atom is 0.224 e. The average molecular weight is 209 g/mol. The van der Waals surface area contributed by atoms with Gasteiger partial charge in [-0.25, -0.2) is 0 Å². The minimum Gasteiger partial charge on any atom is -0.394 e. The van der Waals surface area contributed by atoms with Gasteiger partial charge in [-0.1, -0.05) is 30.3 Å². The highest BCUT2D eigenvalue weighted by molar-refractivity contribution is 5.78. The first-order valence-corrected chi connectivity index (χ1v) is 4.82. The Kier molecular flexibility index (Phi) is 4.80. The van der Waals surface area contributed by atoms with Gasteiger partial charge in [0.25, 0.3) is 0 Å². The van der Waals surface area contributed by atoms with E-state index in [9.17, 15) is 4.79 Å². The van der Waals surface area contributed by atoms with Gasteiger partial charge in [-0.3, -0.25) is 4.79 Å². The maximum atomic E-state index is 11.3. The van der Waals surface area contributed by atoms with Crippen molar-refractivity contribution in [2.24, 2.45) is 0 Å². The van der Waals surface area contributed by atoms with Crippen molar-refractivity contribution < 1.29 is 15.0 Å². The Balaban J connectivity index is 2.31. The van der Waals surface area contributed by atoms with Gasteiger partial charge in [-0.2, -0.15) is 0 Å². The largest absolute Gasteiger partial charge is 0.394 e. The van der Waals surface area contributed by atoms with Crippen LogP contribution in [0.25, 0.3) is 0 Å². The first-order chi connectivity index (χ1) is 7.22. The monoisotopic (exact) mass is 209 g/mol. The zero-order chi connectivity index (χ0) is 11.1. The molecule has 1 atom stereocenters. The molecule has 4 nitrogen and oxygen atoms in total. The number of nitrogens with one attached hydrogen (secondary N) is 1. The summed E-state index contributed by atoms with van der Waals surface area (Å²) in [6.07, 6.45) is -0.594.